The molecule has 0 saturated carbocycles. The first-order valence-electron chi connectivity index (χ1n) is 5.35. The summed E-state index contributed by atoms with van der Waals surface area (Å²) in [5, 5.41) is 3.30. The SMILES string of the molecule is CCCNc1nccn1-c1ccccc1Br. The highest BCUT2D eigenvalue weighted by atomic mass is 79.9. The minimum absolute atomic E-state index is 0.883. The smallest absolute Gasteiger partial charge is 0.207 e. The number of anilines is 1. The Morgan fingerprint density at radius 2 is 2.19 bits per heavy atom. The highest BCUT2D eigenvalue weighted by molar-refractivity contribution is 9.10. The first-order chi connectivity index (χ1) is 7.83. The van der Waals surface area contributed by atoms with E-state index in [-0.39, 0.29) is 0 Å². The van der Waals surface area contributed by atoms with E-state index in [9.17, 15) is 0 Å². The molecule has 0 aliphatic carbocycles. The van der Waals surface area contributed by atoms with Crippen LogP contribution in [0.1, 0.15) is 13.3 Å². The van der Waals surface area contributed by atoms with E-state index >= 15 is 0 Å². The van der Waals surface area contributed by atoms with Gasteiger partial charge in [-0.2, -0.15) is 0 Å². The van der Waals surface area contributed by atoms with Crippen LogP contribution >= 0.6 is 15.9 Å². The summed E-state index contributed by atoms with van der Waals surface area (Å²) in [6.45, 7) is 3.07. The summed E-state index contributed by atoms with van der Waals surface area (Å²) in [5.74, 6) is 0.883. The molecule has 84 valence electrons. The van der Waals surface area contributed by atoms with Crippen LogP contribution < -0.4 is 5.32 Å². The number of hydrogen-bond donors (Lipinski definition) is 1. The van der Waals surface area contributed by atoms with Crippen LogP contribution in [0.25, 0.3) is 5.69 Å². The zero-order valence-corrected chi connectivity index (χ0v) is 10.7. The molecule has 2 aromatic rings. The predicted octanol–water partition coefficient (Wildman–Crippen LogP) is 3.46. The van der Waals surface area contributed by atoms with E-state index in [4.69, 9.17) is 0 Å². The summed E-state index contributed by atoms with van der Waals surface area (Å²) in [4.78, 5) is 4.30. The van der Waals surface area contributed by atoms with Crippen molar-refractivity contribution in [1.82, 2.24) is 9.55 Å². The minimum Gasteiger partial charge on any atom is -0.355 e. The second-order valence-electron chi connectivity index (χ2n) is 3.50. The molecule has 16 heavy (non-hydrogen) atoms. The summed E-state index contributed by atoms with van der Waals surface area (Å²) >= 11 is 3.54. The van der Waals surface area contributed by atoms with Crippen LogP contribution in [0.2, 0.25) is 0 Å². The number of nitrogens with zero attached hydrogens (tertiary/aromatic N) is 2. The van der Waals surface area contributed by atoms with Gasteiger partial charge in [0, 0.05) is 23.4 Å². The molecule has 0 radical (unpaired) electrons. The fourth-order valence-electron chi connectivity index (χ4n) is 1.51. The number of benzene rings is 1. The van der Waals surface area contributed by atoms with Crippen molar-refractivity contribution >= 4 is 21.9 Å². The average molecular weight is 280 g/mol. The van der Waals surface area contributed by atoms with Gasteiger partial charge in [-0.15, -0.1) is 0 Å². The predicted molar refractivity (Wildman–Crippen MR) is 70.0 cm³/mol. The first-order valence-corrected chi connectivity index (χ1v) is 6.14. The third-order valence-corrected chi connectivity index (χ3v) is 2.96. The monoisotopic (exact) mass is 279 g/mol. The van der Waals surface area contributed by atoms with E-state index in [1.165, 1.54) is 0 Å². The molecule has 4 heteroatoms. The van der Waals surface area contributed by atoms with Crippen LogP contribution in [0, 0.1) is 0 Å². The van der Waals surface area contributed by atoms with Crippen molar-refractivity contribution < 1.29 is 0 Å². The molecule has 0 aliphatic rings. The molecular formula is C12H14BrN3. The molecule has 1 N–H and O–H groups in total. The van der Waals surface area contributed by atoms with Crippen molar-refractivity contribution in [2.24, 2.45) is 0 Å². The van der Waals surface area contributed by atoms with Gasteiger partial charge < -0.3 is 5.32 Å². The van der Waals surface area contributed by atoms with Gasteiger partial charge in [-0.3, -0.25) is 4.57 Å². The largest absolute Gasteiger partial charge is 0.355 e. The minimum atomic E-state index is 0.883. The van der Waals surface area contributed by atoms with Gasteiger partial charge in [-0.05, 0) is 34.5 Å². The van der Waals surface area contributed by atoms with Crippen molar-refractivity contribution in [2.45, 2.75) is 13.3 Å². The highest BCUT2D eigenvalue weighted by Gasteiger charge is 2.06. The number of nitrogens with one attached hydrogen (secondary N) is 1. The molecule has 0 aliphatic heterocycles. The Morgan fingerprint density at radius 3 is 2.94 bits per heavy atom. The maximum atomic E-state index is 4.30. The van der Waals surface area contributed by atoms with E-state index in [0.717, 1.165) is 29.1 Å². The Labute approximate surface area is 104 Å². The third-order valence-electron chi connectivity index (χ3n) is 2.29. The molecule has 0 unspecified atom stereocenters. The first kappa shape index (κ1) is 11.2. The van der Waals surface area contributed by atoms with E-state index in [2.05, 4.69) is 39.2 Å². The van der Waals surface area contributed by atoms with Crippen molar-refractivity contribution in [3.63, 3.8) is 0 Å². The van der Waals surface area contributed by atoms with E-state index < -0.39 is 0 Å². The van der Waals surface area contributed by atoms with E-state index in [1.807, 2.05) is 29.0 Å². The van der Waals surface area contributed by atoms with Gasteiger partial charge in [0.1, 0.15) is 0 Å². The normalized spacial score (nSPS) is 10.4. The third kappa shape index (κ3) is 2.27. The van der Waals surface area contributed by atoms with Crippen LogP contribution in [-0.4, -0.2) is 16.1 Å². The zero-order chi connectivity index (χ0) is 11.4. The van der Waals surface area contributed by atoms with Crippen molar-refractivity contribution in [3.8, 4) is 5.69 Å². The second kappa shape index (κ2) is 5.16. The molecule has 3 nitrogen and oxygen atoms in total. The lowest BCUT2D eigenvalue weighted by atomic mass is 10.3. The molecule has 1 aromatic heterocycles. The van der Waals surface area contributed by atoms with Crippen LogP contribution in [0.4, 0.5) is 5.95 Å². The van der Waals surface area contributed by atoms with Gasteiger partial charge in [-0.1, -0.05) is 19.1 Å². The van der Waals surface area contributed by atoms with Crippen LogP contribution in [0.5, 0.6) is 0 Å². The number of imidazole rings is 1. The fourth-order valence-corrected chi connectivity index (χ4v) is 1.99. The Hall–Kier alpha value is -1.29. The Bertz CT molecular complexity index is 465. The Morgan fingerprint density at radius 1 is 1.38 bits per heavy atom. The molecule has 0 atom stereocenters. The van der Waals surface area contributed by atoms with E-state index in [1.54, 1.807) is 6.20 Å². The number of aromatic nitrogens is 2. The number of para-hydroxylation sites is 1. The topological polar surface area (TPSA) is 29.9 Å². The summed E-state index contributed by atoms with van der Waals surface area (Å²) in [6, 6.07) is 8.11. The maximum absolute atomic E-state index is 4.30. The summed E-state index contributed by atoms with van der Waals surface area (Å²) in [7, 11) is 0. The molecule has 0 bridgehead atoms. The quantitative estimate of drug-likeness (QED) is 0.929. The van der Waals surface area contributed by atoms with Gasteiger partial charge in [0.2, 0.25) is 5.95 Å². The van der Waals surface area contributed by atoms with Gasteiger partial charge in [0.25, 0.3) is 0 Å². The van der Waals surface area contributed by atoms with E-state index in [0.29, 0.717) is 0 Å². The summed E-state index contributed by atoms with van der Waals surface area (Å²) in [5.41, 5.74) is 1.10. The molecule has 1 heterocycles. The Balaban J connectivity index is 2.33. The molecule has 0 fully saturated rings. The van der Waals surface area contributed by atoms with Crippen molar-refractivity contribution in [1.29, 1.82) is 0 Å². The highest BCUT2D eigenvalue weighted by Crippen LogP contribution is 2.23. The molecule has 0 spiro atoms. The van der Waals surface area contributed by atoms with Gasteiger partial charge in [-0.25, -0.2) is 4.98 Å². The standard InChI is InChI=1S/C12H14BrN3/c1-2-7-14-12-15-8-9-16(12)11-6-4-3-5-10(11)13/h3-6,8-9H,2,7H2,1H3,(H,14,15). The van der Waals surface area contributed by atoms with Crippen molar-refractivity contribution in [3.05, 3.63) is 41.1 Å². The van der Waals surface area contributed by atoms with Gasteiger partial charge >= 0.3 is 0 Å². The number of rotatable bonds is 4. The molecule has 2 rings (SSSR count). The lowest BCUT2D eigenvalue weighted by Crippen LogP contribution is -2.06. The summed E-state index contributed by atoms with van der Waals surface area (Å²) in [6.07, 6.45) is 4.85. The maximum Gasteiger partial charge on any atom is 0.207 e. The lowest BCUT2D eigenvalue weighted by molar-refractivity contribution is 0.935. The summed E-state index contributed by atoms with van der Waals surface area (Å²) < 4.78 is 3.10. The number of halogens is 1. The Kier molecular flexibility index (Phi) is 3.62. The van der Waals surface area contributed by atoms with Crippen LogP contribution in [-0.2, 0) is 0 Å². The van der Waals surface area contributed by atoms with Gasteiger partial charge in [0.05, 0.1) is 5.69 Å². The molecule has 1 aromatic carbocycles. The number of hydrogen-bond acceptors (Lipinski definition) is 2. The van der Waals surface area contributed by atoms with Crippen molar-refractivity contribution in [2.75, 3.05) is 11.9 Å². The fraction of sp³-hybridized carbons (Fsp3) is 0.250. The van der Waals surface area contributed by atoms with Gasteiger partial charge in [0.15, 0.2) is 0 Å². The lowest BCUT2D eigenvalue weighted by Gasteiger charge is -2.10. The zero-order valence-electron chi connectivity index (χ0n) is 9.15. The van der Waals surface area contributed by atoms with Crippen LogP contribution in [0.15, 0.2) is 41.1 Å². The molecule has 0 amide bonds. The average Bonchev–Trinajstić information content (AvgIpc) is 2.75. The second-order valence-corrected chi connectivity index (χ2v) is 4.35. The van der Waals surface area contributed by atoms with Crippen LogP contribution in [0.3, 0.4) is 0 Å². The molecule has 0 saturated heterocycles. The molecular weight excluding hydrogens is 266 g/mol.